The first kappa shape index (κ1) is 23.5. The Labute approximate surface area is 190 Å². The molecule has 32 heavy (non-hydrogen) atoms. The Hall–Kier alpha value is -3.12. The van der Waals surface area contributed by atoms with Crippen LogP contribution in [0.3, 0.4) is 0 Å². The molecule has 6 heteroatoms. The van der Waals surface area contributed by atoms with Gasteiger partial charge < -0.3 is 19.6 Å². The lowest BCUT2D eigenvalue weighted by atomic mass is 9.85. The predicted molar refractivity (Wildman–Crippen MR) is 126 cm³/mol. The second kappa shape index (κ2) is 9.17. The van der Waals surface area contributed by atoms with E-state index in [-0.39, 0.29) is 16.7 Å². The van der Waals surface area contributed by atoms with Crippen molar-refractivity contribution < 1.29 is 19.4 Å². The molecule has 0 unspecified atom stereocenters. The van der Waals surface area contributed by atoms with Gasteiger partial charge in [-0.15, -0.1) is 0 Å². The fourth-order valence-electron chi connectivity index (χ4n) is 3.86. The summed E-state index contributed by atoms with van der Waals surface area (Å²) in [5.41, 5.74) is 2.46. The third kappa shape index (κ3) is 4.70. The number of methoxy groups -OCH3 is 1. The van der Waals surface area contributed by atoms with Crippen LogP contribution in [-0.2, 0) is 15.0 Å². The predicted octanol–water partition coefficient (Wildman–Crippen LogP) is 3.98. The Morgan fingerprint density at radius 1 is 1.09 bits per heavy atom. The Kier molecular flexibility index (Phi) is 6.74. The molecule has 2 aromatic rings. The van der Waals surface area contributed by atoms with E-state index in [0.29, 0.717) is 24.4 Å². The number of ether oxygens (including phenoxy) is 1. The summed E-state index contributed by atoms with van der Waals surface area (Å²) in [6.45, 7) is 7.37. The molecule has 1 heterocycles. The lowest BCUT2D eigenvalue weighted by molar-refractivity contribution is -0.140. The van der Waals surface area contributed by atoms with Gasteiger partial charge in [0.15, 0.2) is 0 Å². The van der Waals surface area contributed by atoms with Crippen LogP contribution in [-0.4, -0.2) is 60.9 Å². The summed E-state index contributed by atoms with van der Waals surface area (Å²) in [6.07, 6.45) is 0. The SMILES string of the molecule is COc1cccc(C(O)=C2C(=O)C(=O)N(CCN(C)C)[C@@H]2c2ccc(C(C)(C)C)cc2)c1. The van der Waals surface area contributed by atoms with Crippen LogP contribution in [0.5, 0.6) is 5.75 Å². The first-order valence-corrected chi connectivity index (χ1v) is 10.7. The third-order valence-corrected chi connectivity index (χ3v) is 5.76. The molecule has 1 fully saturated rings. The maximum atomic E-state index is 13.1. The van der Waals surface area contributed by atoms with Gasteiger partial charge in [-0.25, -0.2) is 0 Å². The number of carbonyl (C=O) groups is 2. The summed E-state index contributed by atoms with van der Waals surface area (Å²) >= 11 is 0. The van der Waals surface area contributed by atoms with Crippen molar-refractivity contribution in [3.05, 3.63) is 70.8 Å². The summed E-state index contributed by atoms with van der Waals surface area (Å²) in [4.78, 5) is 29.6. The second-order valence-electron chi connectivity index (χ2n) is 9.40. The van der Waals surface area contributed by atoms with Gasteiger partial charge in [0.25, 0.3) is 11.7 Å². The zero-order valence-corrected chi connectivity index (χ0v) is 19.7. The lowest BCUT2D eigenvalue weighted by Gasteiger charge is -2.27. The van der Waals surface area contributed by atoms with Crippen LogP contribution >= 0.6 is 0 Å². The molecule has 1 saturated heterocycles. The number of amides is 1. The van der Waals surface area contributed by atoms with E-state index in [4.69, 9.17) is 4.74 Å². The van der Waals surface area contributed by atoms with Gasteiger partial charge in [-0.05, 0) is 42.8 Å². The van der Waals surface area contributed by atoms with Crippen LogP contribution in [0.2, 0.25) is 0 Å². The number of likely N-dealkylation sites (tertiary alicyclic amines) is 1. The van der Waals surface area contributed by atoms with Crippen LogP contribution < -0.4 is 4.74 Å². The average Bonchev–Trinajstić information content (AvgIpc) is 3.01. The highest BCUT2D eigenvalue weighted by Gasteiger charge is 2.45. The molecule has 0 bridgehead atoms. The standard InChI is InChI=1S/C26H32N2O4/c1-26(2,3)19-12-10-17(11-13-19)22-21(23(29)18-8-7-9-20(16-18)32-6)24(30)25(31)28(22)15-14-27(4)5/h7-13,16,22,29H,14-15H2,1-6H3/t22-/m1/s1. The highest BCUT2D eigenvalue weighted by atomic mass is 16.5. The highest BCUT2D eigenvalue weighted by molar-refractivity contribution is 6.46. The van der Waals surface area contributed by atoms with Gasteiger partial charge in [-0.2, -0.15) is 0 Å². The van der Waals surface area contributed by atoms with Crippen molar-refractivity contribution >= 4 is 17.4 Å². The summed E-state index contributed by atoms with van der Waals surface area (Å²) in [6, 6.07) is 14.1. The van der Waals surface area contributed by atoms with E-state index < -0.39 is 17.7 Å². The number of nitrogens with zero attached hydrogens (tertiary/aromatic N) is 2. The van der Waals surface area contributed by atoms with Crippen LogP contribution in [0.25, 0.3) is 5.76 Å². The largest absolute Gasteiger partial charge is 0.507 e. The first-order chi connectivity index (χ1) is 15.0. The first-order valence-electron chi connectivity index (χ1n) is 10.7. The minimum Gasteiger partial charge on any atom is -0.507 e. The second-order valence-corrected chi connectivity index (χ2v) is 9.40. The summed E-state index contributed by atoms with van der Waals surface area (Å²) < 4.78 is 5.26. The van der Waals surface area contributed by atoms with E-state index in [1.165, 1.54) is 7.11 Å². The van der Waals surface area contributed by atoms with E-state index >= 15 is 0 Å². The molecule has 0 radical (unpaired) electrons. The van der Waals surface area contributed by atoms with Gasteiger partial charge in [0.2, 0.25) is 0 Å². The number of hydrogen-bond donors (Lipinski definition) is 1. The van der Waals surface area contributed by atoms with Gasteiger partial charge in [-0.3, -0.25) is 9.59 Å². The molecule has 0 spiro atoms. The molecule has 3 rings (SSSR count). The van der Waals surface area contributed by atoms with Crippen LogP contribution in [0.1, 0.15) is 43.5 Å². The number of aliphatic hydroxyl groups excluding tert-OH is 1. The molecule has 1 amide bonds. The number of benzene rings is 2. The van der Waals surface area contributed by atoms with Crippen molar-refractivity contribution in [2.24, 2.45) is 0 Å². The van der Waals surface area contributed by atoms with E-state index in [1.807, 2.05) is 43.3 Å². The average molecular weight is 437 g/mol. The number of carbonyl (C=O) groups excluding carboxylic acids is 2. The van der Waals surface area contributed by atoms with Crippen molar-refractivity contribution in [1.29, 1.82) is 0 Å². The van der Waals surface area contributed by atoms with E-state index in [9.17, 15) is 14.7 Å². The summed E-state index contributed by atoms with van der Waals surface area (Å²) in [5, 5.41) is 11.2. The molecule has 170 valence electrons. The zero-order valence-electron chi connectivity index (χ0n) is 19.7. The molecular formula is C26H32N2O4. The fourth-order valence-corrected chi connectivity index (χ4v) is 3.86. The summed E-state index contributed by atoms with van der Waals surface area (Å²) in [5.74, 6) is -0.906. The summed E-state index contributed by atoms with van der Waals surface area (Å²) in [7, 11) is 5.37. The van der Waals surface area contributed by atoms with Crippen molar-refractivity contribution in [1.82, 2.24) is 9.80 Å². The molecule has 1 atom stereocenters. The minimum atomic E-state index is -0.672. The third-order valence-electron chi connectivity index (χ3n) is 5.76. The molecule has 1 aliphatic rings. The number of ketones is 1. The van der Waals surface area contributed by atoms with Crippen LogP contribution in [0.15, 0.2) is 54.1 Å². The Balaban J connectivity index is 2.14. The normalized spacial score (nSPS) is 18.5. The fraction of sp³-hybridized carbons (Fsp3) is 0.385. The lowest BCUT2D eigenvalue weighted by Crippen LogP contribution is -2.35. The van der Waals surface area contributed by atoms with Gasteiger partial charge in [0, 0.05) is 18.7 Å². The molecule has 0 saturated carbocycles. The number of aliphatic hydroxyl groups is 1. The van der Waals surface area contributed by atoms with Crippen LogP contribution in [0, 0.1) is 0 Å². The molecule has 6 nitrogen and oxygen atoms in total. The van der Waals surface area contributed by atoms with Gasteiger partial charge in [0.05, 0.1) is 18.7 Å². The molecule has 1 N–H and O–H groups in total. The van der Waals surface area contributed by atoms with E-state index in [1.54, 1.807) is 29.2 Å². The smallest absolute Gasteiger partial charge is 0.295 e. The Morgan fingerprint density at radius 3 is 2.31 bits per heavy atom. The topological polar surface area (TPSA) is 70.1 Å². The number of likely N-dealkylation sites (N-methyl/N-ethyl adjacent to an activating group) is 1. The molecular weight excluding hydrogens is 404 g/mol. The maximum absolute atomic E-state index is 13.1. The monoisotopic (exact) mass is 436 g/mol. The highest BCUT2D eigenvalue weighted by Crippen LogP contribution is 2.40. The van der Waals surface area contributed by atoms with Crippen molar-refractivity contribution in [3.63, 3.8) is 0 Å². The van der Waals surface area contributed by atoms with Crippen molar-refractivity contribution in [2.75, 3.05) is 34.3 Å². The minimum absolute atomic E-state index is 0.0220. The molecule has 0 aromatic heterocycles. The maximum Gasteiger partial charge on any atom is 0.295 e. The number of Topliss-reactive ketones (excluding diaryl/α,β-unsaturated/α-hetero) is 1. The molecule has 0 aliphatic carbocycles. The molecule has 2 aromatic carbocycles. The Morgan fingerprint density at radius 2 is 1.75 bits per heavy atom. The van der Waals surface area contributed by atoms with E-state index in [0.717, 1.165) is 11.1 Å². The Bertz CT molecular complexity index is 1030. The molecule has 1 aliphatic heterocycles. The number of rotatable bonds is 6. The van der Waals surface area contributed by atoms with Crippen molar-refractivity contribution in [2.45, 2.75) is 32.2 Å². The van der Waals surface area contributed by atoms with Gasteiger partial charge in [0.1, 0.15) is 11.5 Å². The zero-order chi connectivity index (χ0) is 23.6. The quantitative estimate of drug-likeness (QED) is 0.421. The number of hydrogen-bond acceptors (Lipinski definition) is 5. The van der Waals surface area contributed by atoms with E-state index in [2.05, 4.69) is 20.8 Å². The van der Waals surface area contributed by atoms with Gasteiger partial charge in [-0.1, -0.05) is 57.2 Å². The van der Waals surface area contributed by atoms with Crippen molar-refractivity contribution in [3.8, 4) is 5.75 Å². The van der Waals surface area contributed by atoms with Gasteiger partial charge >= 0.3 is 0 Å². The van der Waals surface area contributed by atoms with Crippen LogP contribution in [0.4, 0.5) is 0 Å².